The fourth-order valence-corrected chi connectivity index (χ4v) is 3.16. The number of aromatic carboxylic acids is 1. The molecule has 0 aromatic heterocycles. The molecule has 0 unspecified atom stereocenters. The summed E-state index contributed by atoms with van der Waals surface area (Å²) in [6.45, 7) is 0.306. The van der Waals surface area contributed by atoms with E-state index in [0.717, 1.165) is 0 Å². The van der Waals surface area contributed by atoms with Crippen molar-refractivity contribution in [1.29, 1.82) is 0 Å². The van der Waals surface area contributed by atoms with E-state index in [-0.39, 0.29) is 43.7 Å². The number of amides is 2. The number of carboxylic acid groups (broad SMARTS) is 2. The SMILES string of the molecule is NC(=O)C[C@@H](NC(=O)CN1CC(Oc2ccc(CCB(O)O)c(O)c2C(=O)O)C1)C(=O)O. The first-order valence-corrected chi connectivity index (χ1v) is 9.61. The van der Waals surface area contributed by atoms with E-state index in [1.165, 1.54) is 12.1 Å². The van der Waals surface area contributed by atoms with Gasteiger partial charge in [0.25, 0.3) is 0 Å². The summed E-state index contributed by atoms with van der Waals surface area (Å²) < 4.78 is 5.62. The normalized spacial score (nSPS) is 14.8. The standard InChI is InChI=1S/C18H24BN3O10/c20-13(23)5-11(17(26)27)21-14(24)8-22-6-10(7-22)32-12-2-1-9(3-4-19(30)31)16(25)15(12)18(28)29/h1-2,10-11,25,30-31H,3-8H2,(H2,20,23)(H,21,24)(H,26,27)(H,28,29)/t11-/m1/s1. The summed E-state index contributed by atoms with van der Waals surface area (Å²) >= 11 is 0. The van der Waals surface area contributed by atoms with E-state index in [0.29, 0.717) is 0 Å². The Morgan fingerprint density at radius 1 is 1.22 bits per heavy atom. The summed E-state index contributed by atoms with van der Waals surface area (Å²) in [6.07, 6.45) is -1.06. The monoisotopic (exact) mass is 453 g/mol. The first-order chi connectivity index (χ1) is 15.0. The van der Waals surface area contributed by atoms with E-state index < -0.39 is 60.8 Å². The number of nitrogens with one attached hydrogen (secondary N) is 1. The number of rotatable bonds is 12. The lowest BCUT2D eigenvalue weighted by molar-refractivity contribution is -0.143. The topological polar surface area (TPSA) is 220 Å². The van der Waals surface area contributed by atoms with Gasteiger partial charge in [0.2, 0.25) is 11.8 Å². The molecule has 32 heavy (non-hydrogen) atoms. The predicted octanol–water partition coefficient (Wildman–Crippen LogP) is -2.39. The second kappa shape index (κ2) is 10.8. The maximum absolute atomic E-state index is 12.0. The third-order valence-electron chi connectivity index (χ3n) is 4.73. The molecule has 0 saturated carbocycles. The van der Waals surface area contributed by atoms with Crippen molar-refractivity contribution < 1.29 is 49.3 Å². The number of likely N-dealkylation sites (tertiary alicyclic amines) is 1. The zero-order valence-electron chi connectivity index (χ0n) is 16.9. The summed E-state index contributed by atoms with van der Waals surface area (Å²) in [6, 6.07) is 1.35. The molecule has 0 bridgehead atoms. The highest BCUT2D eigenvalue weighted by Gasteiger charge is 2.33. The first kappa shape index (κ1) is 24.9. The van der Waals surface area contributed by atoms with E-state index in [4.69, 9.17) is 25.6 Å². The van der Waals surface area contributed by atoms with Crippen LogP contribution in [-0.4, -0.2) is 92.9 Å². The molecule has 1 heterocycles. The predicted molar refractivity (Wildman–Crippen MR) is 108 cm³/mol. The quantitative estimate of drug-likeness (QED) is 0.166. The van der Waals surface area contributed by atoms with Crippen molar-refractivity contribution in [2.45, 2.75) is 31.3 Å². The van der Waals surface area contributed by atoms with Gasteiger partial charge in [-0.25, -0.2) is 9.59 Å². The largest absolute Gasteiger partial charge is 0.507 e. The molecule has 2 amide bonds. The molecule has 1 aliphatic rings. The summed E-state index contributed by atoms with van der Waals surface area (Å²) in [5, 5.41) is 48.8. The molecule has 1 aliphatic heterocycles. The highest BCUT2D eigenvalue weighted by atomic mass is 16.5. The average molecular weight is 453 g/mol. The number of carbonyl (C=O) groups is 4. The van der Waals surface area contributed by atoms with Crippen molar-refractivity contribution in [1.82, 2.24) is 10.2 Å². The van der Waals surface area contributed by atoms with Crippen LogP contribution in [0.15, 0.2) is 12.1 Å². The van der Waals surface area contributed by atoms with Gasteiger partial charge in [0.1, 0.15) is 29.2 Å². The Labute approximate surface area is 182 Å². The molecular weight excluding hydrogens is 429 g/mol. The van der Waals surface area contributed by atoms with Gasteiger partial charge in [-0.05, 0) is 24.4 Å². The van der Waals surface area contributed by atoms with Crippen LogP contribution in [0.5, 0.6) is 11.5 Å². The molecule has 1 fully saturated rings. The molecule has 0 spiro atoms. The maximum atomic E-state index is 12.0. The number of nitrogens with zero attached hydrogens (tertiary/aromatic N) is 1. The highest BCUT2D eigenvalue weighted by Crippen LogP contribution is 2.33. The lowest BCUT2D eigenvalue weighted by Crippen LogP contribution is -2.57. The summed E-state index contributed by atoms with van der Waals surface area (Å²) in [5.74, 6) is -4.92. The van der Waals surface area contributed by atoms with E-state index in [1.807, 2.05) is 0 Å². The van der Waals surface area contributed by atoms with Crippen molar-refractivity contribution in [2.75, 3.05) is 19.6 Å². The number of aliphatic carboxylic acids is 1. The summed E-state index contributed by atoms with van der Waals surface area (Å²) in [5.41, 5.74) is 4.72. The zero-order chi connectivity index (χ0) is 24.0. The lowest BCUT2D eigenvalue weighted by Gasteiger charge is -2.38. The van der Waals surface area contributed by atoms with Gasteiger partial charge in [0.05, 0.1) is 13.0 Å². The van der Waals surface area contributed by atoms with Gasteiger partial charge in [-0.2, -0.15) is 0 Å². The molecule has 1 atom stereocenters. The number of carbonyl (C=O) groups excluding carboxylic acids is 2. The molecule has 1 aromatic rings. The van der Waals surface area contributed by atoms with E-state index in [9.17, 15) is 29.4 Å². The van der Waals surface area contributed by atoms with Crippen LogP contribution in [0, 0.1) is 0 Å². The van der Waals surface area contributed by atoms with Crippen LogP contribution in [-0.2, 0) is 20.8 Å². The molecule has 174 valence electrons. The van der Waals surface area contributed by atoms with Crippen LogP contribution < -0.4 is 15.8 Å². The number of phenols is 1. The second-order valence-corrected chi connectivity index (χ2v) is 7.33. The Balaban J connectivity index is 1.93. The van der Waals surface area contributed by atoms with Crippen molar-refractivity contribution in [3.63, 3.8) is 0 Å². The van der Waals surface area contributed by atoms with Crippen LogP contribution >= 0.6 is 0 Å². The van der Waals surface area contributed by atoms with Crippen LogP contribution in [0.3, 0.4) is 0 Å². The first-order valence-electron chi connectivity index (χ1n) is 9.61. The molecule has 14 heteroatoms. The fraction of sp³-hybridized carbons (Fsp3) is 0.444. The minimum Gasteiger partial charge on any atom is -0.507 e. The molecule has 1 saturated heterocycles. The van der Waals surface area contributed by atoms with Gasteiger partial charge >= 0.3 is 19.1 Å². The van der Waals surface area contributed by atoms with Gasteiger partial charge in [-0.3, -0.25) is 14.5 Å². The third-order valence-corrected chi connectivity index (χ3v) is 4.73. The number of aromatic hydroxyl groups is 1. The number of ether oxygens (including phenoxy) is 1. The van der Waals surface area contributed by atoms with Crippen molar-refractivity contribution in [3.05, 3.63) is 23.3 Å². The Morgan fingerprint density at radius 2 is 1.88 bits per heavy atom. The molecular formula is C18H24BN3O10. The van der Waals surface area contributed by atoms with E-state index in [2.05, 4.69) is 5.32 Å². The number of carboxylic acids is 2. The number of nitrogens with two attached hydrogens (primary N) is 1. The lowest BCUT2D eigenvalue weighted by atomic mass is 9.82. The summed E-state index contributed by atoms with van der Waals surface area (Å²) in [7, 11) is -1.60. The van der Waals surface area contributed by atoms with Crippen LogP contribution in [0.4, 0.5) is 0 Å². The molecule has 0 radical (unpaired) electrons. The fourth-order valence-electron chi connectivity index (χ4n) is 3.16. The van der Waals surface area contributed by atoms with Gasteiger partial charge in [0.15, 0.2) is 0 Å². The number of hydrogen-bond donors (Lipinski definition) is 7. The van der Waals surface area contributed by atoms with Gasteiger partial charge < -0.3 is 41.2 Å². The number of primary amides is 1. The molecule has 8 N–H and O–H groups in total. The van der Waals surface area contributed by atoms with Crippen LogP contribution in [0.25, 0.3) is 0 Å². The van der Waals surface area contributed by atoms with Gasteiger partial charge in [-0.15, -0.1) is 0 Å². The van der Waals surface area contributed by atoms with Crippen molar-refractivity contribution in [3.8, 4) is 11.5 Å². The number of hydrogen-bond acceptors (Lipinski definition) is 9. The Kier molecular flexibility index (Phi) is 8.40. The minimum absolute atomic E-state index is 0.0451. The third kappa shape index (κ3) is 6.83. The molecule has 13 nitrogen and oxygen atoms in total. The summed E-state index contributed by atoms with van der Waals surface area (Å²) in [4.78, 5) is 47.1. The van der Waals surface area contributed by atoms with Crippen molar-refractivity contribution in [2.24, 2.45) is 5.73 Å². The van der Waals surface area contributed by atoms with Crippen molar-refractivity contribution >= 4 is 30.9 Å². The second-order valence-electron chi connectivity index (χ2n) is 7.33. The zero-order valence-corrected chi connectivity index (χ0v) is 16.9. The Morgan fingerprint density at radius 3 is 2.41 bits per heavy atom. The van der Waals surface area contributed by atoms with E-state index in [1.54, 1.807) is 4.90 Å². The highest BCUT2D eigenvalue weighted by molar-refractivity contribution is 6.41. The van der Waals surface area contributed by atoms with Gasteiger partial charge in [0, 0.05) is 13.1 Å². The number of aryl methyl sites for hydroxylation is 1. The molecule has 1 aromatic carbocycles. The smallest absolute Gasteiger partial charge is 0.451 e. The molecule has 2 rings (SSSR count). The Bertz CT molecular complexity index is 888. The minimum atomic E-state index is -1.60. The van der Waals surface area contributed by atoms with E-state index >= 15 is 0 Å². The Hall–Kier alpha value is -3.36. The van der Waals surface area contributed by atoms with Gasteiger partial charge in [-0.1, -0.05) is 6.07 Å². The van der Waals surface area contributed by atoms with Crippen LogP contribution in [0.2, 0.25) is 6.32 Å². The number of benzene rings is 1. The van der Waals surface area contributed by atoms with Crippen LogP contribution in [0.1, 0.15) is 22.3 Å². The maximum Gasteiger partial charge on any atom is 0.451 e. The molecule has 0 aliphatic carbocycles. The average Bonchev–Trinajstić information content (AvgIpc) is 2.64.